The highest BCUT2D eigenvalue weighted by molar-refractivity contribution is 7.13. The van der Waals surface area contributed by atoms with E-state index in [1.165, 1.54) is 11.3 Å². The lowest BCUT2D eigenvalue weighted by molar-refractivity contribution is -0.140. The minimum absolute atomic E-state index is 0.165. The fourth-order valence-corrected chi connectivity index (χ4v) is 3.58. The Hall–Kier alpha value is -2.94. The first-order valence-electron chi connectivity index (χ1n) is 8.25. The molecule has 2 aromatic rings. The number of carbonyl (C=O) groups excluding carboxylic acids is 2. The predicted molar refractivity (Wildman–Crippen MR) is 99.7 cm³/mol. The number of hydrogen-bond donors (Lipinski definition) is 3. The van der Waals surface area contributed by atoms with Gasteiger partial charge in [0.1, 0.15) is 5.75 Å². The second-order valence-electron chi connectivity index (χ2n) is 6.80. The highest BCUT2D eigenvalue weighted by atomic mass is 32.1. The standard InChI is InChI=1S/C18H19N3O5S/c1-18(2)13(14(18)16(24)25)15(23)20-10-3-5-11(6-4-10)26-9-12(22)21-17-19-7-8-27-17/h3-8,13-14H,9H2,1-2H3,(H,20,23)(H,24,25)(H,19,21,22). The van der Waals surface area contributed by atoms with Crippen molar-refractivity contribution in [1.82, 2.24) is 4.98 Å². The van der Waals surface area contributed by atoms with Crippen molar-refractivity contribution in [3.8, 4) is 5.75 Å². The first kappa shape index (κ1) is 18.8. The first-order valence-corrected chi connectivity index (χ1v) is 9.13. The maximum atomic E-state index is 12.3. The Morgan fingerprint density at radius 2 is 1.89 bits per heavy atom. The Balaban J connectivity index is 1.49. The van der Waals surface area contributed by atoms with Gasteiger partial charge in [0.25, 0.3) is 5.91 Å². The lowest BCUT2D eigenvalue weighted by Crippen LogP contribution is -2.20. The van der Waals surface area contributed by atoms with Crippen LogP contribution in [0.4, 0.5) is 10.8 Å². The van der Waals surface area contributed by atoms with E-state index in [1.807, 2.05) is 0 Å². The summed E-state index contributed by atoms with van der Waals surface area (Å²) in [6.07, 6.45) is 1.59. The van der Waals surface area contributed by atoms with Crippen molar-refractivity contribution in [2.24, 2.45) is 17.3 Å². The van der Waals surface area contributed by atoms with Crippen molar-refractivity contribution in [3.05, 3.63) is 35.8 Å². The summed E-state index contributed by atoms with van der Waals surface area (Å²) in [5.41, 5.74) is -0.0181. The average molecular weight is 389 g/mol. The summed E-state index contributed by atoms with van der Waals surface area (Å²) < 4.78 is 5.39. The smallest absolute Gasteiger partial charge is 0.307 e. The number of carboxylic acids is 1. The van der Waals surface area contributed by atoms with E-state index in [0.29, 0.717) is 16.6 Å². The molecule has 1 aliphatic rings. The third-order valence-electron chi connectivity index (χ3n) is 4.55. The van der Waals surface area contributed by atoms with Crippen LogP contribution in [0.3, 0.4) is 0 Å². The molecule has 1 heterocycles. The van der Waals surface area contributed by atoms with Crippen LogP contribution in [0.15, 0.2) is 35.8 Å². The summed E-state index contributed by atoms with van der Waals surface area (Å²) in [7, 11) is 0. The molecule has 27 heavy (non-hydrogen) atoms. The van der Waals surface area contributed by atoms with E-state index < -0.39 is 23.2 Å². The average Bonchev–Trinajstić information content (AvgIpc) is 2.92. The minimum atomic E-state index is -0.958. The molecule has 142 valence electrons. The summed E-state index contributed by atoms with van der Waals surface area (Å²) in [6.45, 7) is 3.37. The van der Waals surface area contributed by atoms with Crippen LogP contribution in [-0.4, -0.2) is 34.5 Å². The fourth-order valence-electron chi connectivity index (χ4n) is 3.03. The van der Waals surface area contributed by atoms with Gasteiger partial charge in [-0.25, -0.2) is 4.98 Å². The molecular formula is C18H19N3O5S. The van der Waals surface area contributed by atoms with E-state index in [2.05, 4.69) is 15.6 Å². The number of nitrogens with zero attached hydrogens (tertiary/aromatic N) is 1. The zero-order valence-corrected chi connectivity index (χ0v) is 15.6. The molecule has 0 radical (unpaired) electrons. The molecule has 9 heteroatoms. The molecule has 0 bridgehead atoms. The second kappa shape index (κ2) is 7.36. The number of aliphatic carboxylic acids is 1. The Morgan fingerprint density at radius 3 is 2.44 bits per heavy atom. The molecule has 2 atom stereocenters. The van der Waals surface area contributed by atoms with Gasteiger partial charge < -0.3 is 15.2 Å². The maximum Gasteiger partial charge on any atom is 0.307 e. The third-order valence-corrected chi connectivity index (χ3v) is 5.23. The van der Waals surface area contributed by atoms with Crippen LogP contribution in [0.1, 0.15) is 13.8 Å². The van der Waals surface area contributed by atoms with Gasteiger partial charge >= 0.3 is 5.97 Å². The number of ether oxygens (including phenoxy) is 1. The van der Waals surface area contributed by atoms with Gasteiger partial charge in [0, 0.05) is 17.3 Å². The van der Waals surface area contributed by atoms with E-state index in [4.69, 9.17) is 9.84 Å². The number of rotatable bonds is 7. The first-order chi connectivity index (χ1) is 12.8. The van der Waals surface area contributed by atoms with Gasteiger partial charge in [-0.15, -0.1) is 11.3 Å². The maximum absolute atomic E-state index is 12.3. The SMILES string of the molecule is CC1(C)C(C(=O)O)C1C(=O)Nc1ccc(OCC(=O)Nc2nccs2)cc1. The normalized spacial score (nSPS) is 19.8. The highest BCUT2D eigenvalue weighted by Crippen LogP contribution is 2.58. The Kier molecular flexibility index (Phi) is 5.13. The highest BCUT2D eigenvalue weighted by Gasteiger charge is 2.65. The summed E-state index contributed by atoms with van der Waals surface area (Å²) >= 11 is 1.31. The molecule has 1 aromatic heterocycles. The number of carboxylic acid groups (broad SMARTS) is 1. The molecule has 8 nitrogen and oxygen atoms in total. The lowest BCUT2D eigenvalue weighted by Gasteiger charge is -2.09. The van der Waals surface area contributed by atoms with Crippen molar-refractivity contribution in [1.29, 1.82) is 0 Å². The van der Waals surface area contributed by atoms with Crippen molar-refractivity contribution in [3.63, 3.8) is 0 Å². The van der Waals surface area contributed by atoms with E-state index >= 15 is 0 Å². The number of thiazole rings is 1. The Labute approximate surface area is 159 Å². The van der Waals surface area contributed by atoms with Gasteiger partial charge in [-0.2, -0.15) is 0 Å². The number of amides is 2. The van der Waals surface area contributed by atoms with Crippen molar-refractivity contribution >= 4 is 39.9 Å². The topological polar surface area (TPSA) is 118 Å². The largest absolute Gasteiger partial charge is 0.484 e. The number of aromatic nitrogens is 1. The van der Waals surface area contributed by atoms with E-state index in [9.17, 15) is 14.4 Å². The summed E-state index contributed by atoms with van der Waals surface area (Å²) in [4.78, 5) is 39.2. The molecule has 0 saturated heterocycles. The summed E-state index contributed by atoms with van der Waals surface area (Å²) in [5.74, 6) is -2.35. The van der Waals surface area contributed by atoms with Crippen LogP contribution in [0.5, 0.6) is 5.75 Å². The summed E-state index contributed by atoms with van der Waals surface area (Å²) in [6, 6.07) is 6.52. The molecule has 3 N–H and O–H groups in total. The van der Waals surface area contributed by atoms with Gasteiger partial charge in [0.05, 0.1) is 11.8 Å². The molecule has 1 aliphatic carbocycles. The molecule has 3 rings (SSSR count). The Bertz CT molecular complexity index is 848. The van der Waals surface area contributed by atoms with Crippen LogP contribution in [0.25, 0.3) is 0 Å². The number of carbonyl (C=O) groups is 3. The van der Waals surface area contributed by atoms with Crippen LogP contribution in [-0.2, 0) is 14.4 Å². The molecular weight excluding hydrogens is 370 g/mol. The Morgan fingerprint density at radius 1 is 1.19 bits per heavy atom. The zero-order chi connectivity index (χ0) is 19.6. The predicted octanol–water partition coefficient (Wildman–Crippen LogP) is 2.46. The van der Waals surface area contributed by atoms with Crippen LogP contribution >= 0.6 is 11.3 Å². The molecule has 2 unspecified atom stereocenters. The number of anilines is 2. The van der Waals surface area contributed by atoms with E-state index in [-0.39, 0.29) is 18.4 Å². The number of nitrogens with one attached hydrogen (secondary N) is 2. The minimum Gasteiger partial charge on any atom is -0.484 e. The quantitative estimate of drug-likeness (QED) is 0.670. The van der Waals surface area contributed by atoms with Gasteiger partial charge in [0.15, 0.2) is 11.7 Å². The second-order valence-corrected chi connectivity index (χ2v) is 7.70. The van der Waals surface area contributed by atoms with Gasteiger partial charge in [0.2, 0.25) is 5.91 Å². The molecule has 1 aromatic carbocycles. The van der Waals surface area contributed by atoms with Crippen molar-refractivity contribution in [2.75, 3.05) is 17.2 Å². The molecule has 0 aliphatic heterocycles. The van der Waals surface area contributed by atoms with E-state index in [1.54, 1.807) is 49.7 Å². The van der Waals surface area contributed by atoms with Crippen molar-refractivity contribution in [2.45, 2.75) is 13.8 Å². The third kappa shape index (κ3) is 4.25. The van der Waals surface area contributed by atoms with Crippen LogP contribution in [0, 0.1) is 17.3 Å². The molecule has 0 spiro atoms. The van der Waals surface area contributed by atoms with Gasteiger partial charge in [-0.05, 0) is 29.7 Å². The van der Waals surface area contributed by atoms with Crippen LogP contribution < -0.4 is 15.4 Å². The number of hydrogen-bond acceptors (Lipinski definition) is 6. The molecule has 1 fully saturated rings. The lowest BCUT2D eigenvalue weighted by atomic mass is 10.1. The monoisotopic (exact) mass is 389 g/mol. The molecule has 1 saturated carbocycles. The van der Waals surface area contributed by atoms with E-state index in [0.717, 1.165) is 0 Å². The van der Waals surface area contributed by atoms with Crippen molar-refractivity contribution < 1.29 is 24.2 Å². The zero-order valence-electron chi connectivity index (χ0n) is 14.8. The van der Waals surface area contributed by atoms with Crippen LogP contribution in [0.2, 0.25) is 0 Å². The summed E-state index contributed by atoms with van der Waals surface area (Å²) in [5, 5.41) is 16.8. The fraction of sp³-hybridized carbons (Fsp3) is 0.333. The number of benzene rings is 1. The van der Waals surface area contributed by atoms with Gasteiger partial charge in [-0.3, -0.25) is 19.7 Å². The van der Waals surface area contributed by atoms with Gasteiger partial charge in [-0.1, -0.05) is 13.8 Å². The molecule has 2 amide bonds.